The highest BCUT2D eigenvalue weighted by Crippen LogP contribution is 2.31. The Bertz CT molecular complexity index is 411. The number of nitrogens with one attached hydrogen (secondary N) is 1. The summed E-state index contributed by atoms with van der Waals surface area (Å²) in [7, 11) is 0. The minimum atomic E-state index is -0.116. The molecule has 1 aromatic carbocycles. The average molecular weight is 262 g/mol. The van der Waals surface area contributed by atoms with Gasteiger partial charge in [0.2, 0.25) is 0 Å². The Morgan fingerprint density at radius 2 is 1.95 bits per heavy atom. The lowest BCUT2D eigenvalue weighted by Crippen LogP contribution is -2.43. The number of nitrogens with zero attached hydrogens (tertiary/aromatic N) is 1. The standard InChI is InChI=1S/C16H23FN2/c17-15-3-1-2-14(10-15)12-19(11-13-4-5-13)16-6-8-18-9-7-16/h1-3,10,13,16,18H,4-9,11-12H2. The fraction of sp³-hybridized carbons (Fsp3) is 0.625. The molecular weight excluding hydrogens is 239 g/mol. The quantitative estimate of drug-likeness (QED) is 0.878. The second kappa shape index (κ2) is 6.02. The predicted octanol–water partition coefficient (Wildman–Crippen LogP) is 2.79. The van der Waals surface area contributed by atoms with Crippen LogP contribution < -0.4 is 5.32 Å². The van der Waals surface area contributed by atoms with Crippen LogP contribution in [0.4, 0.5) is 4.39 Å². The maximum absolute atomic E-state index is 13.3. The predicted molar refractivity (Wildman–Crippen MR) is 75.4 cm³/mol. The van der Waals surface area contributed by atoms with Crippen molar-refractivity contribution in [2.75, 3.05) is 19.6 Å². The molecule has 19 heavy (non-hydrogen) atoms. The Kier molecular flexibility index (Phi) is 4.14. The summed E-state index contributed by atoms with van der Waals surface area (Å²) >= 11 is 0. The van der Waals surface area contributed by atoms with Gasteiger partial charge in [-0.15, -0.1) is 0 Å². The van der Waals surface area contributed by atoms with E-state index in [0.717, 1.165) is 31.1 Å². The third-order valence-corrected chi connectivity index (χ3v) is 4.29. The average Bonchev–Trinajstić information content (AvgIpc) is 3.23. The van der Waals surface area contributed by atoms with Crippen LogP contribution in [0.3, 0.4) is 0 Å². The van der Waals surface area contributed by atoms with Gasteiger partial charge in [0.15, 0.2) is 0 Å². The number of hydrogen-bond acceptors (Lipinski definition) is 2. The Balaban J connectivity index is 1.67. The Morgan fingerprint density at radius 1 is 1.16 bits per heavy atom. The molecule has 2 aliphatic rings. The van der Waals surface area contributed by atoms with Crippen LogP contribution in [0, 0.1) is 11.7 Å². The lowest BCUT2D eigenvalue weighted by atomic mass is 10.0. The molecule has 1 aliphatic heterocycles. The molecule has 0 unspecified atom stereocenters. The second-order valence-electron chi connectivity index (χ2n) is 5.98. The highest BCUT2D eigenvalue weighted by molar-refractivity contribution is 5.16. The van der Waals surface area contributed by atoms with Crippen molar-refractivity contribution in [1.29, 1.82) is 0 Å². The lowest BCUT2D eigenvalue weighted by molar-refractivity contribution is 0.147. The summed E-state index contributed by atoms with van der Waals surface area (Å²) < 4.78 is 13.3. The van der Waals surface area contributed by atoms with Gasteiger partial charge in [0, 0.05) is 19.1 Å². The third-order valence-electron chi connectivity index (χ3n) is 4.29. The Hall–Kier alpha value is -0.930. The lowest BCUT2D eigenvalue weighted by Gasteiger charge is -2.35. The summed E-state index contributed by atoms with van der Waals surface area (Å²) in [6.07, 6.45) is 5.21. The van der Waals surface area contributed by atoms with E-state index >= 15 is 0 Å². The van der Waals surface area contributed by atoms with Crippen molar-refractivity contribution in [2.24, 2.45) is 5.92 Å². The molecule has 0 atom stereocenters. The van der Waals surface area contributed by atoms with E-state index in [9.17, 15) is 4.39 Å². The second-order valence-corrected chi connectivity index (χ2v) is 5.98. The molecule has 2 nitrogen and oxygen atoms in total. The topological polar surface area (TPSA) is 15.3 Å². The van der Waals surface area contributed by atoms with Gasteiger partial charge in [-0.1, -0.05) is 12.1 Å². The first-order chi connectivity index (χ1) is 9.31. The molecule has 0 spiro atoms. The van der Waals surface area contributed by atoms with Crippen LogP contribution >= 0.6 is 0 Å². The van der Waals surface area contributed by atoms with Crippen LogP contribution in [0.15, 0.2) is 24.3 Å². The molecule has 0 radical (unpaired) electrons. The first-order valence-electron chi connectivity index (χ1n) is 7.50. The minimum Gasteiger partial charge on any atom is -0.317 e. The first kappa shape index (κ1) is 13.1. The van der Waals surface area contributed by atoms with E-state index in [4.69, 9.17) is 0 Å². The van der Waals surface area contributed by atoms with Gasteiger partial charge >= 0.3 is 0 Å². The summed E-state index contributed by atoms with van der Waals surface area (Å²) in [6.45, 7) is 4.34. The van der Waals surface area contributed by atoms with Crippen LogP contribution in [0.25, 0.3) is 0 Å². The van der Waals surface area contributed by atoms with Crippen LogP contribution in [0.1, 0.15) is 31.2 Å². The van der Waals surface area contributed by atoms with Crippen LogP contribution in [0.5, 0.6) is 0 Å². The highest BCUT2D eigenvalue weighted by atomic mass is 19.1. The van der Waals surface area contributed by atoms with Crippen molar-refractivity contribution in [3.05, 3.63) is 35.6 Å². The summed E-state index contributed by atoms with van der Waals surface area (Å²) in [6, 6.07) is 7.75. The normalized spacial score (nSPS) is 20.9. The van der Waals surface area contributed by atoms with Gasteiger partial charge in [0.1, 0.15) is 5.82 Å². The van der Waals surface area contributed by atoms with Crippen LogP contribution in [0.2, 0.25) is 0 Å². The minimum absolute atomic E-state index is 0.116. The first-order valence-corrected chi connectivity index (χ1v) is 7.50. The number of benzene rings is 1. The van der Waals surface area contributed by atoms with Gasteiger partial charge in [-0.3, -0.25) is 4.90 Å². The van der Waals surface area contributed by atoms with Gasteiger partial charge in [-0.25, -0.2) is 4.39 Å². The number of rotatable bonds is 5. The molecular formula is C16H23FN2. The van der Waals surface area contributed by atoms with E-state index in [1.807, 2.05) is 12.1 Å². The maximum Gasteiger partial charge on any atom is 0.123 e. The molecule has 104 valence electrons. The van der Waals surface area contributed by atoms with Crippen molar-refractivity contribution < 1.29 is 4.39 Å². The van der Waals surface area contributed by atoms with Crippen molar-refractivity contribution >= 4 is 0 Å². The number of hydrogen-bond donors (Lipinski definition) is 1. The fourth-order valence-electron chi connectivity index (χ4n) is 3.02. The van der Waals surface area contributed by atoms with Crippen molar-refractivity contribution in [3.63, 3.8) is 0 Å². The Morgan fingerprint density at radius 3 is 2.63 bits per heavy atom. The zero-order chi connectivity index (χ0) is 13.1. The van der Waals surface area contributed by atoms with E-state index in [2.05, 4.69) is 10.2 Å². The maximum atomic E-state index is 13.3. The molecule has 0 bridgehead atoms. The molecule has 1 aliphatic carbocycles. The van der Waals surface area contributed by atoms with Crippen molar-refractivity contribution in [2.45, 2.75) is 38.3 Å². The molecule has 0 aromatic heterocycles. The molecule has 1 saturated heterocycles. The van der Waals surface area contributed by atoms with Gasteiger partial charge < -0.3 is 5.32 Å². The highest BCUT2D eigenvalue weighted by Gasteiger charge is 2.28. The van der Waals surface area contributed by atoms with Gasteiger partial charge in [-0.05, 0) is 62.4 Å². The zero-order valence-electron chi connectivity index (χ0n) is 11.4. The van der Waals surface area contributed by atoms with Crippen molar-refractivity contribution in [3.8, 4) is 0 Å². The SMILES string of the molecule is Fc1cccc(CN(CC2CC2)C2CCNCC2)c1. The molecule has 3 rings (SSSR count). The van der Waals surface area contributed by atoms with Crippen LogP contribution in [-0.2, 0) is 6.54 Å². The molecule has 0 amide bonds. The van der Waals surface area contributed by atoms with E-state index in [-0.39, 0.29) is 5.82 Å². The summed E-state index contributed by atoms with van der Waals surface area (Å²) in [5.74, 6) is 0.776. The molecule has 1 saturated carbocycles. The number of piperidine rings is 1. The van der Waals surface area contributed by atoms with Crippen molar-refractivity contribution in [1.82, 2.24) is 10.2 Å². The number of halogens is 1. The monoisotopic (exact) mass is 262 g/mol. The van der Waals surface area contributed by atoms with Gasteiger partial charge in [0.25, 0.3) is 0 Å². The smallest absolute Gasteiger partial charge is 0.123 e. The van der Waals surface area contributed by atoms with E-state index in [0.29, 0.717) is 6.04 Å². The largest absolute Gasteiger partial charge is 0.317 e. The summed E-state index contributed by atoms with van der Waals surface area (Å²) in [5, 5.41) is 3.42. The van der Waals surface area contributed by atoms with Gasteiger partial charge in [-0.2, -0.15) is 0 Å². The third kappa shape index (κ3) is 3.77. The summed E-state index contributed by atoms with van der Waals surface area (Å²) in [4.78, 5) is 2.59. The molecule has 1 aromatic rings. The summed E-state index contributed by atoms with van der Waals surface area (Å²) in [5.41, 5.74) is 1.11. The van der Waals surface area contributed by atoms with E-state index < -0.39 is 0 Å². The molecule has 2 fully saturated rings. The van der Waals surface area contributed by atoms with E-state index in [1.54, 1.807) is 6.07 Å². The fourth-order valence-corrected chi connectivity index (χ4v) is 3.02. The zero-order valence-corrected chi connectivity index (χ0v) is 11.4. The molecule has 1 N–H and O–H groups in total. The van der Waals surface area contributed by atoms with E-state index in [1.165, 1.54) is 38.3 Å². The van der Waals surface area contributed by atoms with Crippen LogP contribution in [-0.4, -0.2) is 30.6 Å². The van der Waals surface area contributed by atoms with Gasteiger partial charge in [0.05, 0.1) is 0 Å². The Labute approximate surface area is 115 Å². The molecule has 3 heteroatoms. The molecule has 1 heterocycles.